The van der Waals surface area contributed by atoms with Crippen molar-refractivity contribution in [1.29, 1.82) is 0 Å². The minimum absolute atomic E-state index is 0.0253. The fourth-order valence-corrected chi connectivity index (χ4v) is 2.98. The number of sulfonamides is 1. The number of anilines is 1. The van der Waals surface area contributed by atoms with E-state index < -0.39 is 16.1 Å². The van der Waals surface area contributed by atoms with Gasteiger partial charge >= 0.3 is 18.1 Å². The van der Waals surface area contributed by atoms with Gasteiger partial charge in [-0.25, -0.2) is 23.4 Å². The maximum atomic E-state index is 12.1. The first-order chi connectivity index (χ1) is 11.9. The number of nitrogens with one attached hydrogen (secondary N) is 3. The highest BCUT2D eigenvalue weighted by Gasteiger charge is 2.20. The van der Waals surface area contributed by atoms with Gasteiger partial charge < -0.3 is 9.47 Å². The van der Waals surface area contributed by atoms with Gasteiger partial charge in [0.05, 0.1) is 19.2 Å². The van der Waals surface area contributed by atoms with Gasteiger partial charge in [0.2, 0.25) is 0 Å². The van der Waals surface area contributed by atoms with Crippen LogP contribution in [0, 0.1) is 0 Å². The van der Waals surface area contributed by atoms with E-state index in [4.69, 9.17) is 21.1 Å². The van der Waals surface area contributed by atoms with Crippen molar-refractivity contribution >= 4 is 33.6 Å². The molecule has 0 aliphatic carbocycles. The lowest BCUT2D eigenvalue weighted by atomic mass is 10.4. The molecule has 3 N–H and O–H groups in total. The van der Waals surface area contributed by atoms with Crippen LogP contribution in [0.5, 0.6) is 12.0 Å². The van der Waals surface area contributed by atoms with Crippen LogP contribution in [-0.2, 0) is 10.0 Å². The van der Waals surface area contributed by atoms with Crippen LogP contribution in [0.2, 0.25) is 5.02 Å². The Morgan fingerprint density at radius 1 is 1.08 bits per heavy atom. The van der Waals surface area contributed by atoms with Crippen LogP contribution in [0.15, 0.2) is 29.2 Å². The number of benzene rings is 1. The molecule has 1 aromatic heterocycles. The van der Waals surface area contributed by atoms with E-state index in [9.17, 15) is 13.2 Å². The van der Waals surface area contributed by atoms with E-state index >= 15 is 0 Å². The molecule has 0 saturated carbocycles. The second kappa shape index (κ2) is 7.81. The Labute approximate surface area is 147 Å². The Morgan fingerprint density at radius 3 is 2.24 bits per heavy atom. The number of halogens is 1. The number of rotatable bonds is 6. The number of amides is 2. The molecular formula is C12H13ClN6O5S. The number of hydrogen-bond acceptors (Lipinski definition) is 9. The van der Waals surface area contributed by atoms with Gasteiger partial charge in [0.1, 0.15) is 4.90 Å². The largest absolute Gasteiger partial charge is 0.467 e. The number of methoxy groups -OCH3 is 2. The summed E-state index contributed by atoms with van der Waals surface area (Å²) in [5.41, 5.74) is 4.36. The first kappa shape index (κ1) is 18.5. The van der Waals surface area contributed by atoms with Crippen molar-refractivity contribution in [1.82, 2.24) is 25.1 Å². The normalized spacial score (nSPS) is 10.7. The number of nitrogens with zero attached hydrogens (tertiary/aromatic N) is 3. The van der Waals surface area contributed by atoms with Crippen LogP contribution in [0.25, 0.3) is 0 Å². The lowest BCUT2D eigenvalue weighted by Crippen LogP contribution is -2.42. The molecule has 0 saturated heterocycles. The summed E-state index contributed by atoms with van der Waals surface area (Å²) >= 11 is 5.81. The molecule has 0 unspecified atom stereocenters. The molecule has 2 rings (SSSR count). The standard InChI is InChI=1S/C12H13ClN6O5S/c1-23-11-14-9(15-12(16-11)24-2)17-18-10(20)19-25(21,22)8-6-4-3-5-7(8)13/h3-6H,1-2H3,(H2,18,19,20)(H,14,15,16,17). The van der Waals surface area contributed by atoms with Crippen molar-refractivity contribution in [2.45, 2.75) is 4.90 Å². The van der Waals surface area contributed by atoms with Gasteiger partial charge in [-0.3, -0.25) is 5.43 Å². The van der Waals surface area contributed by atoms with Gasteiger partial charge in [-0.1, -0.05) is 23.7 Å². The Kier molecular flexibility index (Phi) is 5.77. The van der Waals surface area contributed by atoms with E-state index in [1.54, 1.807) is 10.8 Å². The van der Waals surface area contributed by atoms with Crippen molar-refractivity contribution in [3.05, 3.63) is 29.3 Å². The van der Waals surface area contributed by atoms with Gasteiger partial charge in [0.25, 0.3) is 16.0 Å². The highest BCUT2D eigenvalue weighted by Crippen LogP contribution is 2.20. The third kappa shape index (κ3) is 4.81. The van der Waals surface area contributed by atoms with Gasteiger partial charge in [0, 0.05) is 0 Å². The number of aromatic nitrogens is 3. The first-order valence-electron chi connectivity index (χ1n) is 6.53. The van der Waals surface area contributed by atoms with E-state index in [-0.39, 0.29) is 27.9 Å². The van der Waals surface area contributed by atoms with Crippen molar-refractivity contribution in [3.63, 3.8) is 0 Å². The monoisotopic (exact) mass is 388 g/mol. The van der Waals surface area contributed by atoms with Crippen molar-refractivity contribution in [2.24, 2.45) is 0 Å². The Hall–Kier alpha value is -2.86. The number of carbonyl (C=O) groups is 1. The van der Waals surface area contributed by atoms with Gasteiger partial charge in [-0.2, -0.15) is 9.97 Å². The predicted molar refractivity (Wildman–Crippen MR) is 86.9 cm³/mol. The Balaban J connectivity index is 2.05. The smallest absolute Gasteiger partial charge is 0.347 e. The summed E-state index contributed by atoms with van der Waals surface area (Å²) in [4.78, 5) is 22.9. The first-order valence-corrected chi connectivity index (χ1v) is 8.39. The topological polar surface area (TPSA) is 144 Å². The molecule has 1 heterocycles. The second-order valence-corrected chi connectivity index (χ2v) is 6.31. The molecule has 25 heavy (non-hydrogen) atoms. The van der Waals surface area contributed by atoms with Crippen LogP contribution in [0.3, 0.4) is 0 Å². The SMILES string of the molecule is COc1nc(NNC(=O)NS(=O)(=O)c2ccccc2Cl)nc(OC)n1. The molecule has 0 aliphatic rings. The van der Waals surface area contributed by atoms with E-state index in [1.165, 1.54) is 32.4 Å². The summed E-state index contributed by atoms with van der Waals surface area (Å²) in [6.45, 7) is 0. The third-order valence-electron chi connectivity index (χ3n) is 2.60. The summed E-state index contributed by atoms with van der Waals surface area (Å²) < 4.78 is 35.7. The zero-order valence-electron chi connectivity index (χ0n) is 13.0. The van der Waals surface area contributed by atoms with E-state index in [0.717, 1.165) is 0 Å². The van der Waals surface area contributed by atoms with Crippen LogP contribution >= 0.6 is 11.6 Å². The minimum Gasteiger partial charge on any atom is -0.467 e. The number of hydrogen-bond donors (Lipinski definition) is 3. The summed E-state index contributed by atoms with van der Waals surface area (Å²) in [7, 11) is -1.50. The molecule has 1 aromatic carbocycles. The molecule has 11 nitrogen and oxygen atoms in total. The van der Waals surface area contributed by atoms with Gasteiger partial charge in [0.15, 0.2) is 0 Å². The quantitative estimate of drug-likeness (QED) is 0.604. The molecule has 0 spiro atoms. The summed E-state index contributed by atoms with van der Waals surface area (Å²) in [6.07, 6.45) is 0. The number of carbonyl (C=O) groups excluding carboxylic acids is 1. The summed E-state index contributed by atoms with van der Waals surface area (Å²) in [6, 6.07) is 4.45. The molecule has 134 valence electrons. The zero-order valence-corrected chi connectivity index (χ0v) is 14.6. The number of urea groups is 1. The molecule has 2 aromatic rings. The molecule has 0 bridgehead atoms. The molecule has 0 aliphatic heterocycles. The van der Waals surface area contributed by atoms with E-state index in [0.29, 0.717) is 0 Å². The van der Waals surface area contributed by atoms with Gasteiger partial charge in [-0.15, -0.1) is 4.98 Å². The molecule has 13 heteroatoms. The molecule has 2 amide bonds. The van der Waals surface area contributed by atoms with Crippen molar-refractivity contribution in [3.8, 4) is 12.0 Å². The number of ether oxygens (including phenoxy) is 2. The lowest BCUT2D eigenvalue weighted by Gasteiger charge is -2.11. The van der Waals surface area contributed by atoms with Gasteiger partial charge in [-0.05, 0) is 12.1 Å². The molecular weight excluding hydrogens is 376 g/mol. The Morgan fingerprint density at radius 2 is 1.68 bits per heavy atom. The lowest BCUT2D eigenvalue weighted by molar-refractivity contribution is 0.247. The maximum Gasteiger partial charge on any atom is 0.347 e. The zero-order chi connectivity index (χ0) is 18.4. The van der Waals surface area contributed by atoms with Crippen LogP contribution < -0.4 is 25.0 Å². The highest BCUT2D eigenvalue weighted by molar-refractivity contribution is 7.90. The molecule has 0 atom stereocenters. The van der Waals surface area contributed by atoms with Crippen LogP contribution in [0.1, 0.15) is 0 Å². The fourth-order valence-electron chi connectivity index (χ4n) is 1.55. The van der Waals surface area contributed by atoms with Crippen molar-refractivity contribution < 1.29 is 22.7 Å². The molecule has 0 fully saturated rings. The van der Waals surface area contributed by atoms with E-state index in [1.807, 2.05) is 0 Å². The number of hydrazine groups is 1. The third-order valence-corrected chi connectivity index (χ3v) is 4.43. The average molecular weight is 389 g/mol. The summed E-state index contributed by atoms with van der Waals surface area (Å²) in [5.74, 6) is -0.131. The molecule has 0 radical (unpaired) electrons. The minimum atomic E-state index is -4.16. The van der Waals surface area contributed by atoms with Crippen LogP contribution in [-0.4, -0.2) is 43.6 Å². The Bertz CT molecular complexity index is 856. The average Bonchev–Trinajstić information content (AvgIpc) is 2.59. The summed E-state index contributed by atoms with van der Waals surface area (Å²) in [5, 5.41) is -0.0253. The second-order valence-electron chi connectivity index (χ2n) is 4.25. The van der Waals surface area contributed by atoms with Crippen molar-refractivity contribution in [2.75, 3.05) is 19.6 Å². The fraction of sp³-hybridized carbons (Fsp3) is 0.167. The van der Waals surface area contributed by atoms with E-state index in [2.05, 4.69) is 25.8 Å². The predicted octanol–water partition coefficient (Wildman–Crippen LogP) is 0.557. The highest BCUT2D eigenvalue weighted by atomic mass is 35.5. The maximum absolute atomic E-state index is 12.1. The van der Waals surface area contributed by atoms with Crippen LogP contribution in [0.4, 0.5) is 10.7 Å².